The van der Waals surface area contributed by atoms with Crippen LogP contribution in [-0.4, -0.2) is 0 Å². The molecule has 0 amide bonds. The molecule has 0 bridgehead atoms. The van der Waals surface area contributed by atoms with Crippen LogP contribution < -0.4 is 0 Å². The molecule has 0 saturated carbocycles. The van der Waals surface area contributed by atoms with Crippen LogP contribution in [-0.2, 0) is 0 Å². The molecule has 0 spiro atoms. The zero-order chi connectivity index (χ0) is 13.6. The van der Waals surface area contributed by atoms with Crippen molar-refractivity contribution in [1.29, 1.82) is 0 Å². The van der Waals surface area contributed by atoms with Crippen LogP contribution in [0.5, 0.6) is 0 Å². The van der Waals surface area contributed by atoms with Crippen LogP contribution in [0.1, 0.15) is 0 Å². The summed E-state index contributed by atoms with van der Waals surface area (Å²) in [5, 5.41) is 4.71. The molecule has 0 aliphatic heterocycles. The van der Waals surface area contributed by atoms with Crippen LogP contribution in [0.4, 0.5) is 0 Å². The van der Waals surface area contributed by atoms with Crippen molar-refractivity contribution < 1.29 is 0 Å². The molecule has 0 atom stereocenters. The van der Waals surface area contributed by atoms with Gasteiger partial charge in [-0.05, 0) is 45.8 Å². The van der Waals surface area contributed by atoms with E-state index in [1.807, 2.05) is 60.7 Å². The normalized spacial score (nSPS) is 10.0. The summed E-state index contributed by atoms with van der Waals surface area (Å²) in [6.45, 7) is 0. The number of fused-ring (bicyclic) bond motifs is 2. The number of benzene rings is 4. The molecule has 4 aromatic rings. The van der Waals surface area contributed by atoms with Gasteiger partial charge in [0.2, 0.25) is 0 Å². The Morgan fingerprint density at radius 3 is 1.40 bits per heavy atom. The molecule has 0 heteroatoms. The molecule has 4 radical (unpaired) electrons. The molecule has 0 fully saturated rings. The van der Waals surface area contributed by atoms with E-state index >= 15 is 0 Å². The summed E-state index contributed by atoms with van der Waals surface area (Å²) in [6.07, 6.45) is 0. The van der Waals surface area contributed by atoms with Gasteiger partial charge in [0.05, 0.1) is 0 Å². The fourth-order valence-electron chi connectivity index (χ4n) is 2.01. The highest BCUT2D eigenvalue weighted by molar-refractivity contribution is 5.81. The van der Waals surface area contributed by atoms with Gasteiger partial charge in [0.1, 0.15) is 0 Å². The molecule has 0 unspecified atom stereocenters. The van der Waals surface area contributed by atoms with Gasteiger partial charge in [0.15, 0.2) is 0 Å². The van der Waals surface area contributed by atoms with Crippen LogP contribution >= 0.6 is 0 Å². The molecule has 4 rings (SSSR count). The molecule has 0 nitrogen and oxygen atoms in total. The van der Waals surface area contributed by atoms with Crippen LogP contribution in [0.25, 0.3) is 21.5 Å². The Hall–Kier alpha value is -2.60. The molecular formula is C20H12. The van der Waals surface area contributed by atoms with Crippen molar-refractivity contribution in [2.45, 2.75) is 0 Å². The van der Waals surface area contributed by atoms with Crippen LogP contribution in [0.15, 0.2) is 72.8 Å². The van der Waals surface area contributed by atoms with Gasteiger partial charge in [-0.1, -0.05) is 72.8 Å². The third-order valence-corrected chi connectivity index (χ3v) is 3.03. The van der Waals surface area contributed by atoms with E-state index in [1.54, 1.807) is 0 Å². The van der Waals surface area contributed by atoms with Crippen molar-refractivity contribution in [1.82, 2.24) is 0 Å². The average Bonchev–Trinajstić information content (AvgIpc) is 2.56. The number of hydrogen-bond acceptors (Lipinski definition) is 0. The van der Waals surface area contributed by atoms with Crippen molar-refractivity contribution in [3.8, 4) is 0 Å². The maximum atomic E-state index is 3.03. The van der Waals surface area contributed by atoms with E-state index in [0.717, 1.165) is 10.8 Å². The number of rotatable bonds is 0. The molecule has 0 aromatic heterocycles. The van der Waals surface area contributed by atoms with Crippen molar-refractivity contribution in [2.75, 3.05) is 0 Å². The lowest BCUT2D eigenvalue weighted by Gasteiger charge is -1.91. The predicted octanol–water partition coefficient (Wildman–Crippen LogP) is 4.88. The zero-order valence-electron chi connectivity index (χ0n) is 10.9. The van der Waals surface area contributed by atoms with Gasteiger partial charge in [0, 0.05) is 0 Å². The first-order chi connectivity index (χ1) is 9.93. The lowest BCUT2D eigenvalue weighted by molar-refractivity contribution is 1.73. The zero-order valence-corrected chi connectivity index (χ0v) is 10.9. The second kappa shape index (κ2) is 6.03. The number of hydrogen-bond donors (Lipinski definition) is 0. The highest BCUT2D eigenvalue weighted by Crippen LogP contribution is 2.11. The van der Waals surface area contributed by atoms with Crippen molar-refractivity contribution >= 4 is 21.5 Å². The Morgan fingerprint density at radius 1 is 0.500 bits per heavy atom. The first-order valence-corrected chi connectivity index (χ1v) is 6.48. The van der Waals surface area contributed by atoms with E-state index in [-0.39, 0.29) is 0 Å². The van der Waals surface area contributed by atoms with Crippen LogP contribution in [0, 0.1) is 24.3 Å². The molecule has 0 aliphatic rings. The summed E-state index contributed by atoms with van der Waals surface area (Å²) in [5.41, 5.74) is 0. The SMILES string of the molecule is [c]1[c]c2ccccc2cc1.[c]1[c]c2ccccc2cc1. The van der Waals surface area contributed by atoms with E-state index in [0.29, 0.717) is 0 Å². The highest BCUT2D eigenvalue weighted by Gasteiger charge is 1.87. The first kappa shape index (κ1) is 12.4. The largest absolute Gasteiger partial charge is 0.0616 e. The molecule has 0 aliphatic carbocycles. The molecule has 20 heavy (non-hydrogen) atoms. The molecular weight excluding hydrogens is 240 g/mol. The first-order valence-electron chi connectivity index (χ1n) is 6.48. The minimum atomic E-state index is 1.13. The van der Waals surface area contributed by atoms with E-state index in [2.05, 4.69) is 36.4 Å². The summed E-state index contributed by atoms with van der Waals surface area (Å²) in [6, 6.07) is 36.0. The molecule has 0 heterocycles. The van der Waals surface area contributed by atoms with Gasteiger partial charge < -0.3 is 0 Å². The monoisotopic (exact) mass is 252 g/mol. The molecule has 4 aromatic carbocycles. The summed E-state index contributed by atoms with van der Waals surface area (Å²) in [7, 11) is 0. The Morgan fingerprint density at radius 2 is 0.950 bits per heavy atom. The van der Waals surface area contributed by atoms with Gasteiger partial charge >= 0.3 is 0 Å². The summed E-state index contributed by atoms with van der Waals surface area (Å²) in [4.78, 5) is 0. The standard InChI is InChI=1S/2C10H6/c2*1-2-6-10-8-4-3-7-9(10)5-1/h2*1-3,5-7H. The second-order valence-electron chi connectivity index (χ2n) is 4.38. The van der Waals surface area contributed by atoms with Crippen molar-refractivity contribution in [3.63, 3.8) is 0 Å². The van der Waals surface area contributed by atoms with Crippen molar-refractivity contribution in [3.05, 3.63) is 97.1 Å². The third kappa shape index (κ3) is 2.86. The quantitative estimate of drug-likeness (QED) is 0.418. The molecule has 0 saturated heterocycles. The van der Waals surface area contributed by atoms with Gasteiger partial charge in [-0.3, -0.25) is 0 Å². The van der Waals surface area contributed by atoms with E-state index in [4.69, 9.17) is 0 Å². The second-order valence-corrected chi connectivity index (χ2v) is 4.38. The van der Waals surface area contributed by atoms with Crippen LogP contribution in [0.2, 0.25) is 0 Å². The summed E-state index contributed by atoms with van der Waals surface area (Å²) >= 11 is 0. The minimum absolute atomic E-state index is 1.13. The fraction of sp³-hybridized carbons (Fsp3) is 0. The maximum Gasteiger partial charge on any atom is -0.00141 e. The van der Waals surface area contributed by atoms with E-state index in [1.165, 1.54) is 10.8 Å². The topological polar surface area (TPSA) is 0 Å². The smallest absolute Gasteiger partial charge is 0.00141 e. The highest BCUT2D eigenvalue weighted by atomic mass is 13.9. The Labute approximate surface area is 119 Å². The fourth-order valence-corrected chi connectivity index (χ4v) is 2.01. The summed E-state index contributed by atoms with van der Waals surface area (Å²) in [5.74, 6) is 0. The lowest BCUT2D eigenvalue weighted by atomic mass is 10.1. The minimum Gasteiger partial charge on any atom is -0.0616 e. The van der Waals surface area contributed by atoms with Gasteiger partial charge in [-0.2, -0.15) is 0 Å². The van der Waals surface area contributed by atoms with Gasteiger partial charge in [0.25, 0.3) is 0 Å². The summed E-state index contributed by atoms with van der Waals surface area (Å²) < 4.78 is 0. The Bertz CT molecular complexity index is 613. The Kier molecular flexibility index (Phi) is 3.75. The predicted molar refractivity (Wildman–Crippen MR) is 83.2 cm³/mol. The third-order valence-electron chi connectivity index (χ3n) is 3.03. The molecule has 92 valence electrons. The average molecular weight is 252 g/mol. The van der Waals surface area contributed by atoms with Crippen molar-refractivity contribution in [2.24, 2.45) is 0 Å². The molecule has 0 N–H and O–H groups in total. The van der Waals surface area contributed by atoms with Gasteiger partial charge in [-0.25, -0.2) is 0 Å². The maximum absolute atomic E-state index is 3.03. The van der Waals surface area contributed by atoms with Gasteiger partial charge in [-0.15, -0.1) is 0 Å². The lowest BCUT2D eigenvalue weighted by Crippen LogP contribution is -1.68. The van der Waals surface area contributed by atoms with E-state index < -0.39 is 0 Å². The van der Waals surface area contributed by atoms with Crippen LogP contribution in [0.3, 0.4) is 0 Å². The van der Waals surface area contributed by atoms with E-state index in [9.17, 15) is 0 Å². The Balaban J connectivity index is 0.000000121.